The van der Waals surface area contributed by atoms with E-state index in [-0.39, 0.29) is 23.2 Å². The number of hydrogen-bond acceptors (Lipinski definition) is 2. The van der Waals surface area contributed by atoms with E-state index in [0.29, 0.717) is 0 Å². The maximum Gasteiger partial charge on any atom is 0.255 e. The van der Waals surface area contributed by atoms with E-state index in [1.54, 1.807) is 12.1 Å². The highest BCUT2D eigenvalue weighted by molar-refractivity contribution is 9.10. The molecule has 0 bridgehead atoms. The fraction of sp³-hybridized carbons (Fsp3) is 0.100. The molecule has 0 aliphatic heterocycles. The molecule has 0 radical (unpaired) electrons. The Kier molecular flexibility index (Phi) is 5.32. The van der Waals surface area contributed by atoms with Gasteiger partial charge in [0.15, 0.2) is 0 Å². The standard InChI is InChI=1S/C20H16BrFN2O2/c1-13(14-5-4-6-16(21)11-14)23-20(26)15-9-10-19(25)24(12-15)18-8-3-2-7-17(18)22/h2-13H,1H3,(H,23,26)/t13-/m1/s1. The number of rotatable bonds is 4. The van der Waals surface area contributed by atoms with Gasteiger partial charge in [-0.25, -0.2) is 4.39 Å². The van der Waals surface area contributed by atoms with Crippen LogP contribution in [0.15, 0.2) is 76.1 Å². The molecule has 1 atom stereocenters. The van der Waals surface area contributed by atoms with Gasteiger partial charge in [0.05, 0.1) is 17.3 Å². The highest BCUT2D eigenvalue weighted by atomic mass is 79.9. The number of benzene rings is 2. The van der Waals surface area contributed by atoms with Crippen molar-refractivity contribution in [2.75, 3.05) is 0 Å². The highest BCUT2D eigenvalue weighted by Crippen LogP contribution is 2.18. The number of para-hydroxylation sites is 1. The summed E-state index contributed by atoms with van der Waals surface area (Å²) in [6.07, 6.45) is 1.35. The Balaban J connectivity index is 1.88. The summed E-state index contributed by atoms with van der Waals surface area (Å²) >= 11 is 3.41. The van der Waals surface area contributed by atoms with Gasteiger partial charge in [0.2, 0.25) is 0 Å². The van der Waals surface area contributed by atoms with Crippen LogP contribution in [0, 0.1) is 5.82 Å². The Bertz CT molecular complexity index is 1020. The monoisotopic (exact) mass is 414 g/mol. The number of aromatic nitrogens is 1. The number of amides is 1. The van der Waals surface area contributed by atoms with Crippen molar-refractivity contribution in [2.24, 2.45) is 0 Å². The first-order chi connectivity index (χ1) is 12.5. The lowest BCUT2D eigenvalue weighted by molar-refractivity contribution is 0.0939. The van der Waals surface area contributed by atoms with Crippen LogP contribution < -0.4 is 10.9 Å². The van der Waals surface area contributed by atoms with E-state index in [2.05, 4.69) is 21.2 Å². The third-order valence-electron chi connectivity index (χ3n) is 3.98. The fourth-order valence-electron chi connectivity index (χ4n) is 2.60. The Morgan fingerprint density at radius 1 is 1.12 bits per heavy atom. The lowest BCUT2D eigenvalue weighted by Gasteiger charge is -2.15. The number of nitrogens with one attached hydrogen (secondary N) is 1. The molecule has 4 nitrogen and oxygen atoms in total. The molecule has 0 saturated heterocycles. The van der Waals surface area contributed by atoms with Gasteiger partial charge in [-0.2, -0.15) is 0 Å². The van der Waals surface area contributed by atoms with Crippen LogP contribution >= 0.6 is 15.9 Å². The Labute approximate surface area is 158 Å². The van der Waals surface area contributed by atoms with E-state index in [9.17, 15) is 14.0 Å². The second-order valence-corrected chi connectivity index (χ2v) is 6.74. The molecule has 3 aromatic rings. The Hall–Kier alpha value is -2.73. The van der Waals surface area contributed by atoms with Gasteiger partial charge in [-0.3, -0.25) is 14.2 Å². The van der Waals surface area contributed by atoms with E-state index in [4.69, 9.17) is 0 Å². The third-order valence-corrected chi connectivity index (χ3v) is 4.47. The molecule has 132 valence electrons. The zero-order valence-corrected chi connectivity index (χ0v) is 15.5. The maximum atomic E-state index is 14.0. The number of pyridine rings is 1. The molecule has 1 heterocycles. The molecule has 1 aromatic heterocycles. The van der Waals surface area contributed by atoms with E-state index in [1.807, 2.05) is 31.2 Å². The molecule has 0 spiro atoms. The van der Waals surface area contributed by atoms with Gasteiger partial charge in [0.1, 0.15) is 5.82 Å². The number of hydrogen-bond donors (Lipinski definition) is 1. The summed E-state index contributed by atoms with van der Waals surface area (Å²) in [6.45, 7) is 1.87. The first-order valence-electron chi connectivity index (χ1n) is 7.99. The molecule has 2 aromatic carbocycles. The lowest BCUT2D eigenvalue weighted by atomic mass is 10.1. The van der Waals surface area contributed by atoms with Crippen molar-refractivity contribution in [3.05, 3.63) is 98.6 Å². The van der Waals surface area contributed by atoms with E-state index >= 15 is 0 Å². The molecule has 26 heavy (non-hydrogen) atoms. The average Bonchev–Trinajstić information content (AvgIpc) is 2.62. The largest absolute Gasteiger partial charge is 0.345 e. The van der Waals surface area contributed by atoms with Crippen LogP contribution in [-0.2, 0) is 0 Å². The Morgan fingerprint density at radius 3 is 2.62 bits per heavy atom. The molecule has 0 fully saturated rings. The average molecular weight is 415 g/mol. The molecular formula is C20H16BrFN2O2. The number of halogens is 2. The summed E-state index contributed by atoms with van der Waals surface area (Å²) in [5.41, 5.74) is 0.906. The molecule has 0 aliphatic carbocycles. The van der Waals surface area contributed by atoms with Gasteiger partial charge in [0, 0.05) is 16.7 Å². The van der Waals surface area contributed by atoms with E-state index in [1.165, 1.54) is 30.5 Å². The lowest BCUT2D eigenvalue weighted by Crippen LogP contribution is -2.28. The quantitative estimate of drug-likeness (QED) is 0.694. The summed E-state index contributed by atoms with van der Waals surface area (Å²) < 4.78 is 16.0. The van der Waals surface area contributed by atoms with Crippen LogP contribution in [-0.4, -0.2) is 10.5 Å². The molecule has 6 heteroatoms. The third kappa shape index (κ3) is 3.91. The van der Waals surface area contributed by atoms with Crippen molar-refractivity contribution in [3.8, 4) is 5.69 Å². The van der Waals surface area contributed by atoms with Crippen LogP contribution in [0.5, 0.6) is 0 Å². The number of carbonyl (C=O) groups is 1. The summed E-state index contributed by atoms with van der Waals surface area (Å²) in [4.78, 5) is 24.6. The molecule has 1 amide bonds. The van der Waals surface area contributed by atoms with Crippen molar-refractivity contribution < 1.29 is 9.18 Å². The van der Waals surface area contributed by atoms with E-state index < -0.39 is 11.4 Å². The topological polar surface area (TPSA) is 51.1 Å². The molecule has 3 rings (SSSR count). The minimum absolute atomic E-state index is 0.104. The first-order valence-corrected chi connectivity index (χ1v) is 8.79. The predicted octanol–water partition coefficient (Wildman–Crippen LogP) is 4.23. The Morgan fingerprint density at radius 2 is 1.88 bits per heavy atom. The summed E-state index contributed by atoms with van der Waals surface area (Å²) in [6, 6.07) is 16.0. The van der Waals surface area contributed by atoms with Crippen LogP contribution in [0.1, 0.15) is 28.9 Å². The summed E-state index contributed by atoms with van der Waals surface area (Å²) in [5.74, 6) is -0.878. The van der Waals surface area contributed by atoms with Crippen molar-refractivity contribution >= 4 is 21.8 Å². The minimum atomic E-state index is -0.533. The van der Waals surface area contributed by atoms with Gasteiger partial charge in [0.25, 0.3) is 11.5 Å². The second kappa shape index (κ2) is 7.66. The molecule has 0 saturated carbocycles. The van der Waals surface area contributed by atoms with Gasteiger partial charge in [-0.15, -0.1) is 0 Å². The molecule has 0 unspecified atom stereocenters. The normalized spacial score (nSPS) is 11.8. The van der Waals surface area contributed by atoms with Gasteiger partial charge >= 0.3 is 0 Å². The molecular weight excluding hydrogens is 399 g/mol. The van der Waals surface area contributed by atoms with Crippen molar-refractivity contribution in [1.29, 1.82) is 0 Å². The first kappa shape index (κ1) is 18.1. The summed E-state index contributed by atoms with van der Waals surface area (Å²) in [5, 5.41) is 2.88. The SMILES string of the molecule is C[C@@H](NC(=O)c1ccc(=O)n(-c2ccccc2F)c1)c1cccc(Br)c1. The number of nitrogens with zero attached hydrogens (tertiary/aromatic N) is 1. The smallest absolute Gasteiger partial charge is 0.255 e. The zero-order valence-electron chi connectivity index (χ0n) is 13.9. The predicted molar refractivity (Wildman–Crippen MR) is 102 cm³/mol. The summed E-state index contributed by atoms with van der Waals surface area (Å²) in [7, 11) is 0. The van der Waals surface area contributed by atoms with Crippen molar-refractivity contribution in [3.63, 3.8) is 0 Å². The van der Waals surface area contributed by atoms with Crippen LogP contribution in [0.3, 0.4) is 0 Å². The minimum Gasteiger partial charge on any atom is -0.345 e. The van der Waals surface area contributed by atoms with Gasteiger partial charge in [-0.1, -0.05) is 40.2 Å². The van der Waals surface area contributed by atoms with Crippen molar-refractivity contribution in [2.45, 2.75) is 13.0 Å². The molecule has 0 aliphatic rings. The van der Waals surface area contributed by atoms with Crippen LogP contribution in [0.2, 0.25) is 0 Å². The van der Waals surface area contributed by atoms with Crippen molar-refractivity contribution in [1.82, 2.24) is 9.88 Å². The van der Waals surface area contributed by atoms with Gasteiger partial charge < -0.3 is 5.32 Å². The molecule has 1 N–H and O–H groups in total. The van der Waals surface area contributed by atoms with E-state index in [0.717, 1.165) is 14.6 Å². The van der Waals surface area contributed by atoms with Crippen LogP contribution in [0.4, 0.5) is 4.39 Å². The highest BCUT2D eigenvalue weighted by Gasteiger charge is 2.14. The van der Waals surface area contributed by atoms with Gasteiger partial charge in [-0.05, 0) is 42.8 Å². The number of carbonyl (C=O) groups excluding carboxylic acids is 1. The maximum absolute atomic E-state index is 14.0. The van der Waals surface area contributed by atoms with Crippen LogP contribution in [0.25, 0.3) is 5.69 Å². The fourth-order valence-corrected chi connectivity index (χ4v) is 3.01. The second-order valence-electron chi connectivity index (χ2n) is 5.83. The zero-order chi connectivity index (χ0) is 18.7.